The first-order valence-corrected chi connectivity index (χ1v) is 6.65. The van der Waals surface area contributed by atoms with E-state index >= 15 is 0 Å². The molecule has 0 unspecified atom stereocenters. The zero-order valence-corrected chi connectivity index (χ0v) is 12.7. The SMILES string of the molecule is COc1cc(C#N)cc(Oc2cc(C)c(N)cc2Br)c1. The van der Waals surface area contributed by atoms with Gasteiger partial charge in [0.05, 0.1) is 23.2 Å². The summed E-state index contributed by atoms with van der Waals surface area (Å²) in [4.78, 5) is 0. The Morgan fingerprint density at radius 3 is 2.50 bits per heavy atom. The predicted molar refractivity (Wildman–Crippen MR) is 81.1 cm³/mol. The summed E-state index contributed by atoms with van der Waals surface area (Å²) in [6, 6.07) is 10.7. The van der Waals surface area contributed by atoms with E-state index in [0.29, 0.717) is 28.5 Å². The van der Waals surface area contributed by atoms with Crippen molar-refractivity contribution in [2.75, 3.05) is 12.8 Å². The van der Waals surface area contributed by atoms with E-state index in [1.54, 1.807) is 31.4 Å². The van der Waals surface area contributed by atoms with Crippen molar-refractivity contribution in [3.63, 3.8) is 0 Å². The number of hydrogen-bond acceptors (Lipinski definition) is 4. The zero-order chi connectivity index (χ0) is 14.7. The van der Waals surface area contributed by atoms with Crippen molar-refractivity contribution in [3.8, 4) is 23.3 Å². The van der Waals surface area contributed by atoms with Crippen LogP contribution < -0.4 is 15.2 Å². The molecule has 0 saturated carbocycles. The molecule has 2 N–H and O–H groups in total. The number of methoxy groups -OCH3 is 1. The summed E-state index contributed by atoms with van der Waals surface area (Å²) in [5.74, 6) is 1.74. The lowest BCUT2D eigenvalue weighted by atomic mass is 10.2. The first-order valence-electron chi connectivity index (χ1n) is 5.86. The highest BCUT2D eigenvalue weighted by Crippen LogP contribution is 2.34. The van der Waals surface area contributed by atoms with Gasteiger partial charge in [-0.1, -0.05) is 0 Å². The van der Waals surface area contributed by atoms with Gasteiger partial charge in [0.25, 0.3) is 0 Å². The molecule has 102 valence electrons. The molecule has 0 aliphatic carbocycles. The number of anilines is 1. The highest BCUT2D eigenvalue weighted by Gasteiger charge is 2.08. The van der Waals surface area contributed by atoms with Crippen molar-refractivity contribution in [2.45, 2.75) is 6.92 Å². The molecule has 0 radical (unpaired) electrons. The van der Waals surface area contributed by atoms with Crippen molar-refractivity contribution in [3.05, 3.63) is 45.9 Å². The highest BCUT2D eigenvalue weighted by atomic mass is 79.9. The Hall–Kier alpha value is -2.19. The molecule has 2 aromatic carbocycles. The maximum absolute atomic E-state index is 9.00. The minimum absolute atomic E-state index is 0.475. The molecule has 0 spiro atoms. The summed E-state index contributed by atoms with van der Waals surface area (Å²) >= 11 is 3.41. The molecule has 20 heavy (non-hydrogen) atoms. The van der Waals surface area contributed by atoms with Crippen LogP contribution in [0.2, 0.25) is 0 Å². The second-order valence-electron chi connectivity index (χ2n) is 4.25. The van der Waals surface area contributed by atoms with Crippen molar-refractivity contribution < 1.29 is 9.47 Å². The van der Waals surface area contributed by atoms with Crippen LogP contribution in [0.25, 0.3) is 0 Å². The minimum Gasteiger partial charge on any atom is -0.497 e. The number of ether oxygens (including phenoxy) is 2. The number of rotatable bonds is 3. The number of nitrogens with zero attached hydrogens (tertiary/aromatic N) is 1. The number of hydrogen-bond donors (Lipinski definition) is 1. The summed E-state index contributed by atoms with van der Waals surface area (Å²) in [5.41, 5.74) is 7.91. The van der Waals surface area contributed by atoms with Crippen molar-refractivity contribution in [2.24, 2.45) is 0 Å². The van der Waals surface area contributed by atoms with E-state index in [2.05, 4.69) is 22.0 Å². The third kappa shape index (κ3) is 3.03. The van der Waals surface area contributed by atoms with Gasteiger partial charge in [-0.05, 0) is 52.7 Å². The number of aryl methyl sites for hydroxylation is 1. The number of nitrogens with two attached hydrogens (primary N) is 1. The summed E-state index contributed by atoms with van der Waals surface area (Å²) in [5, 5.41) is 9.00. The number of nitriles is 1. The second-order valence-corrected chi connectivity index (χ2v) is 5.10. The molecule has 5 heteroatoms. The van der Waals surface area contributed by atoms with Crippen LogP contribution in [0.3, 0.4) is 0 Å². The van der Waals surface area contributed by atoms with Gasteiger partial charge in [-0.3, -0.25) is 0 Å². The van der Waals surface area contributed by atoms with Crippen molar-refractivity contribution in [1.82, 2.24) is 0 Å². The molecule has 0 fully saturated rings. The van der Waals surface area contributed by atoms with E-state index in [9.17, 15) is 0 Å². The summed E-state index contributed by atoms with van der Waals surface area (Å²) in [7, 11) is 1.55. The normalized spacial score (nSPS) is 9.90. The molecule has 0 amide bonds. The zero-order valence-electron chi connectivity index (χ0n) is 11.1. The van der Waals surface area contributed by atoms with Gasteiger partial charge in [-0.15, -0.1) is 0 Å². The molecule has 0 heterocycles. The van der Waals surface area contributed by atoms with Gasteiger partial charge in [0.15, 0.2) is 0 Å². The number of benzene rings is 2. The maximum Gasteiger partial charge on any atom is 0.142 e. The fraction of sp³-hybridized carbons (Fsp3) is 0.133. The van der Waals surface area contributed by atoms with Crippen LogP contribution in [0.15, 0.2) is 34.8 Å². The van der Waals surface area contributed by atoms with Gasteiger partial charge in [0.2, 0.25) is 0 Å². The topological polar surface area (TPSA) is 68.3 Å². The predicted octanol–water partition coefficient (Wildman–Crippen LogP) is 4.01. The fourth-order valence-corrected chi connectivity index (χ4v) is 2.13. The fourth-order valence-electron chi connectivity index (χ4n) is 1.69. The van der Waals surface area contributed by atoms with E-state index in [1.807, 2.05) is 13.0 Å². The Kier molecular flexibility index (Phi) is 4.16. The monoisotopic (exact) mass is 332 g/mol. The molecule has 2 aromatic rings. The Morgan fingerprint density at radius 1 is 1.15 bits per heavy atom. The average Bonchev–Trinajstić information content (AvgIpc) is 2.44. The lowest BCUT2D eigenvalue weighted by Crippen LogP contribution is -1.93. The van der Waals surface area contributed by atoms with Gasteiger partial charge in [0, 0.05) is 11.8 Å². The van der Waals surface area contributed by atoms with Gasteiger partial charge in [-0.2, -0.15) is 5.26 Å². The lowest BCUT2D eigenvalue weighted by Gasteiger charge is -2.11. The van der Waals surface area contributed by atoms with Crippen LogP contribution in [-0.2, 0) is 0 Å². The molecule has 4 nitrogen and oxygen atoms in total. The molecule has 2 rings (SSSR count). The van der Waals surface area contributed by atoms with E-state index in [0.717, 1.165) is 10.0 Å². The van der Waals surface area contributed by atoms with Crippen molar-refractivity contribution >= 4 is 21.6 Å². The third-order valence-electron chi connectivity index (χ3n) is 2.79. The molecule has 0 atom stereocenters. The Morgan fingerprint density at radius 2 is 1.85 bits per heavy atom. The van der Waals surface area contributed by atoms with E-state index in [4.69, 9.17) is 20.5 Å². The molecular weight excluding hydrogens is 320 g/mol. The Bertz CT molecular complexity index is 693. The molecule has 0 aromatic heterocycles. The first kappa shape index (κ1) is 14.2. The Balaban J connectivity index is 2.40. The van der Waals surface area contributed by atoms with Gasteiger partial charge in [0.1, 0.15) is 17.2 Å². The lowest BCUT2D eigenvalue weighted by molar-refractivity contribution is 0.408. The first-order chi connectivity index (χ1) is 9.53. The summed E-state index contributed by atoms with van der Waals surface area (Å²) in [6.45, 7) is 1.90. The Labute approximate surface area is 125 Å². The van der Waals surface area contributed by atoms with E-state index in [1.165, 1.54) is 0 Å². The quantitative estimate of drug-likeness (QED) is 0.862. The molecule has 0 bridgehead atoms. The second kappa shape index (κ2) is 5.85. The average molecular weight is 333 g/mol. The highest BCUT2D eigenvalue weighted by molar-refractivity contribution is 9.10. The minimum atomic E-state index is 0.475. The van der Waals surface area contributed by atoms with Crippen LogP contribution in [0.5, 0.6) is 17.2 Å². The molecule has 0 saturated heterocycles. The smallest absolute Gasteiger partial charge is 0.142 e. The number of halogens is 1. The van der Waals surface area contributed by atoms with Gasteiger partial charge >= 0.3 is 0 Å². The van der Waals surface area contributed by atoms with Crippen LogP contribution in [0.1, 0.15) is 11.1 Å². The van der Waals surface area contributed by atoms with E-state index < -0.39 is 0 Å². The largest absolute Gasteiger partial charge is 0.497 e. The van der Waals surface area contributed by atoms with Crippen LogP contribution in [0.4, 0.5) is 5.69 Å². The third-order valence-corrected chi connectivity index (χ3v) is 3.41. The summed E-state index contributed by atoms with van der Waals surface area (Å²) < 4.78 is 11.7. The van der Waals surface area contributed by atoms with Crippen LogP contribution in [0, 0.1) is 18.3 Å². The van der Waals surface area contributed by atoms with Gasteiger partial charge in [-0.25, -0.2) is 0 Å². The molecule has 0 aliphatic rings. The van der Waals surface area contributed by atoms with Gasteiger partial charge < -0.3 is 15.2 Å². The van der Waals surface area contributed by atoms with Crippen LogP contribution in [-0.4, -0.2) is 7.11 Å². The molecule has 0 aliphatic heterocycles. The summed E-state index contributed by atoms with van der Waals surface area (Å²) in [6.07, 6.45) is 0. The number of nitrogen functional groups attached to an aromatic ring is 1. The molecular formula is C15H13BrN2O2. The van der Waals surface area contributed by atoms with Crippen LogP contribution >= 0.6 is 15.9 Å². The maximum atomic E-state index is 9.00. The van der Waals surface area contributed by atoms with Crippen molar-refractivity contribution in [1.29, 1.82) is 5.26 Å². The van der Waals surface area contributed by atoms with E-state index in [-0.39, 0.29) is 0 Å². The standard InChI is InChI=1S/C15H13BrN2O2/c1-9-3-15(13(16)7-14(9)18)20-12-5-10(8-17)4-11(6-12)19-2/h3-7H,18H2,1-2H3.